The number of aryl methyl sites for hydroxylation is 1. The third kappa shape index (κ3) is 2.56. The number of nitrogens with zero attached hydrogens (tertiary/aromatic N) is 2. The molecule has 0 bridgehead atoms. The van der Waals surface area contributed by atoms with Gasteiger partial charge in [-0.2, -0.15) is 0 Å². The summed E-state index contributed by atoms with van der Waals surface area (Å²) in [5.41, 5.74) is 1.41. The van der Waals surface area contributed by atoms with Gasteiger partial charge in [0.05, 0.1) is 5.56 Å². The highest BCUT2D eigenvalue weighted by Gasteiger charge is 2.30. The molecule has 0 aromatic carbocycles. The van der Waals surface area contributed by atoms with Gasteiger partial charge in [-0.05, 0) is 6.92 Å². The first-order chi connectivity index (χ1) is 9.45. The Morgan fingerprint density at radius 1 is 1.40 bits per heavy atom. The predicted octanol–water partition coefficient (Wildman–Crippen LogP) is 0.821. The van der Waals surface area contributed by atoms with Gasteiger partial charge in [0.25, 0.3) is 5.91 Å². The van der Waals surface area contributed by atoms with E-state index in [1.165, 1.54) is 12.0 Å². The lowest BCUT2D eigenvalue weighted by Gasteiger charge is -2.26. The van der Waals surface area contributed by atoms with Gasteiger partial charge in [0.15, 0.2) is 0 Å². The molecule has 1 aliphatic rings. The van der Waals surface area contributed by atoms with E-state index < -0.39 is 0 Å². The smallest absolute Gasteiger partial charge is 0.257 e. The van der Waals surface area contributed by atoms with Crippen LogP contribution in [0.5, 0.6) is 0 Å². The Morgan fingerprint density at radius 3 is 2.70 bits per heavy atom. The van der Waals surface area contributed by atoms with Crippen molar-refractivity contribution in [2.75, 3.05) is 34.4 Å². The Hall–Kier alpha value is -1.82. The highest BCUT2D eigenvalue weighted by molar-refractivity contribution is 5.96. The Kier molecular flexibility index (Phi) is 4.13. The SMILES string of the molecule is COCC(=O)N1CCc2oc(C)c(C(=O)N(C)C)c2C1. The predicted molar refractivity (Wildman–Crippen MR) is 72.5 cm³/mol. The summed E-state index contributed by atoms with van der Waals surface area (Å²) in [6.45, 7) is 2.85. The molecule has 0 saturated carbocycles. The first-order valence-corrected chi connectivity index (χ1v) is 6.55. The van der Waals surface area contributed by atoms with Gasteiger partial charge in [0.1, 0.15) is 18.1 Å². The van der Waals surface area contributed by atoms with E-state index in [9.17, 15) is 9.59 Å². The van der Waals surface area contributed by atoms with Crippen molar-refractivity contribution in [3.05, 3.63) is 22.6 Å². The molecule has 2 amide bonds. The molecule has 1 aromatic rings. The average Bonchev–Trinajstić information content (AvgIpc) is 2.72. The molecule has 0 aliphatic carbocycles. The topological polar surface area (TPSA) is 63.0 Å². The fourth-order valence-electron chi connectivity index (χ4n) is 2.46. The van der Waals surface area contributed by atoms with Crippen LogP contribution in [-0.2, 0) is 22.5 Å². The molecule has 0 radical (unpaired) electrons. The molecule has 110 valence electrons. The Labute approximate surface area is 118 Å². The second-order valence-electron chi connectivity index (χ2n) is 5.13. The zero-order valence-electron chi connectivity index (χ0n) is 12.4. The third-order valence-corrected chi connectivity index (χ3v) is 3.47. The van der Waals surface area contributed by atoms with Crippen LogP contribution < -0.4 is 0 Å². The molecule has 0 spiro atoms. The summed E-state index contributed by atoms with van der Waals surface area (Å²) in [6.07, 6.45) is 0.631. The number of ether oxygens (including phenoxy) is 1. The fraction of sp³-hybridized carbons (Fsp3) is 0.571. The van der Waals surface area contributed by atoms with Crippen LogP contribution in [0.25, 0.3) is 0 Å². The summed E-state index contributed by atoms with van der Waals surface area (Å²) >= 11 is 0. The van der Waals surface area contributed by atoms with Crippen molar-refractivity contribution in [1.29, 1.82) is 0 Å². The zero-order valence-corrected chi connectivity index (χ0v) is 12.4. The van der Waals surface area contributed by atoms with Gasteiger partial charge < -0.3 is 19.0 Å². The van der Waals surface area contributed by atoms with Gasteiger partial charge >= 0.3 is 0 Å². The van der Waals surface area contributed by atoms with E-state index in [1.54, 1.807) is 25.9 Å². The van der Waals surface area contributed by atoms with E-state index in [0.717, 1.165) is 11.3 Å². The van der Waals surface area contributed by atoms with Gasteiger partial charge in [0.2, 0.25) is 5.91 Å². The maximum absolute atomic E-state index is 12.2. The quantitative estimate of drug-likeness (QED) is 0.822. The molecule has 20 heavy (non-hydrogen) atoms. The van der Waals surface area contributed by atoms with Crippen LogP contribution in [-0.4, -0.2) is 56.0 Å². The zero-order chi connectivity index (χ0) is 14.9. The number of hydrogen-bond acceptors (Lipinski definition) is 4. The molecule has 6 nitrogen and oxygen atoms in total. The van der Waals surface area contributed by atoms with E-state index >= 15 is 0 Å². The van der Waals surface area contributed by atoms with E-state index in [0.29, 0.717) is 30.8 Å². The molecule has 0 saturated heterocycles. The minimum absolute atomic E-state index is 0.0587. The Bertz CT molecular complexity index is 534. The number of amides is 2. The standard InChI is InChI=1S/C14H20N2O4/c1-9-13(14(18)15(2)3)10-7-16(12(17)8-19-4)6-5-11(10)20-9/h5-8H2,1-4H3. The van der Waals surface area contributed by atoms with Gasteiger partial charge in [-0.1, -0.05) is 0 Å². The van der Waals surface area contributed by atoms with Crippen LogP contribution in [0, 0.1) is 6.92 Å². The Balaban J connectivity index is 2.30. The van der Waals surface area contributed by atoms with E-state index in [-0.39, 0.29) is 18.4 Å². The lowest BCUT2D eigenvalue weighted by molar-refractivity contribution is -0.136. The average molecular weight is 280 g/mol. The maximum Gasteiger partial charge on any atom is 0.257 e. The van der Waals surface area contributed by atoms with Crippen LogP contribution >= 0.6 is 0 Å². The number of hydrogen-bond donors (Lipinski definition) is 0. The first kappa shape index (κ1) is 14.6. The molecule has 0 atom stereocenters. The molecule has 6 heteroatoms. The van der Waals surface area contributed by atoms with E-state index in [1.807, 2.05) is 0 Å². The van der Waals surface area contributed by atoms with Crippen LogP contribution in [0.2, 0.25) is 0 Å². The molecule has 2 heterocycles. The number of methoxy groups -OCH3 is 1. The van der Waals surface area contributed by atoms with Crippen LogP contribution in [0.4, 0.5) is 0 Å². The second kappa shape index (κ2) is 5.66. The molecule has 1 aromatic heterocycles. The van der Waals surface area contributed by atoms with E-state index in [4.69, 9.17) is 9.15 Å². The first-order valence-electron chi connectivity index (χ1n) is 6.55. The Morgan fingerprint density at radius 2 is 2.10 bits per heavy atom. The van der Waals surface area contributed by atoms with Crippen LogP contribution in [0.15, 0.2) is 4.42 Å². The molecule has 2 rings (SSSR count). The van der Waals surface area contributed by atoms with Crippen LogP contribution in [0.1, 0.15) is 27.4 Å². The van der Waals surface area contributed by atoms with Crippen molar-refractivity contribution in [2.45, 2.75) is 19.9 Å². The highest BCUT2D eigenvalue weighted by atomic mass is 16.5. The minimum Gasteiger partial charge on any atom is -0.465 e. The summed E-state index contributed by atoms with van der Waals surface area (Å²) < 4.78 is 10.6. The molecule has 0 unspecified atom stereocenters. The number of fused-ring (bicyclic) bond motifs is 1. The highest BCUT2D eigenvalue weighted by Crippen LogP contribution is 2.28. The second-order valence-corrected chi connectivity index (χ2v) is 5.13. The van der Waals surface area contributed by atoms with Gasteiger partial charge in [-0.3, -0.25) is 9.59 Å². The van der Waals surface area contributed by atoms with Gasteiger partial charge in [0, 0.05) is 46.3 Å². The summed E-state index contributed by atoms with van der Waals surface area (Å²) in [7, 11) is 4.91. The monoisotopic (exact) mass is 280 g/mol. The molecular formula is C14H20N2O4. The molecule has 0 N–H and O–H groups in total. The van der Waals surface area contributed by atoms with E-state index in [2.05, 4.69) is 0 Å². The lowest BCUT2D eigenvalue weighted by Crippen LogP contribution is -2.38. The van der Waals surface area contributed by atoms with Crippen molar-refractivity contribution in [3.63, 3.8) is 0 Å². The fourth-order valence-corrected chi connectivity index (χ4v) is 2.46. The van der Waals surface area contributed by atoms with Gasteiger partial charge in [-0.25, -0.2) is 0 Å². The normalized spacial score (nSPS) is 14.1. The minimum atomic E-state index is -0.0893. The van der Waals surface area contributed by atoms with Crippen molar-refractivity contribution in [1.82, 2.24) is 9.80 Å². The number of furan rings is 1. The van der Waals surface area contributed by atoms with Crippen LogP contribution in [0.3, 0.4) is 0 Å². The lowest BCUT2D eigenvalue weighted by atomic mass is 10.0. The van der Waals surface area contributed by atoms with Crippen molar-refractivity contribution < 1.29 is 18.7 Å². The van der Waals surface area contributed by atoms with Crippen molar-refractivity contribution in [3.8, 4) is 0 Å². The van der Waals surface area contributed by atoms with Gasteiger partial charge in [-0.15, -0.1) is 0 Å². The molecule has 1 aliphatic heterocycles. The molecule has 0 fully saturated rings. The third-order valence-electron chi connectivity index (χ3n) is 3.47. The largest absolute Gasteiger partial charge is 0.465 e. The van der Waals surface area contributed by atoms with Crippen molar-refractivity contribution >= 4 is 11.8 Å². The summed E-state index contributed by atoms with van der Waals surface area (Å²) in [6, 6.07) is 0. The number of rotatable bonds is 3. The summed E-state index contributed by atoms with van der Waals surface area (Å²) in [4.78, 5) is 27.4. The number of carbonyl (C=O) groups excluding carboxylic acids is 2. The van der Waals surface area contributed by atoms with Crippen molar-refractivity contribution in [2.24, 2.45) is 0 Å². The summed E-state index contributed by atoms with van der Waals surface area (Å²) in [5.74, 6) is 1.28. The maximum atomic E-state index is 12.2. The number of carbonyl (C=O) groups is 2. The summed E-state index contributed by atoms with van der Waals surface area (Å²) in [5, 5.41) is 0. The molecular weight excluding hydrogens is 260 g/mol.